The monoisotopic (exact) mass is 690 g/mol. The Morgan fingerprint density at radius 1 is 0.667 bits per heavy atom. The van der Waals surface area contributed by atoms with Gasteiger partial charge in [-0.15, -0.1) is 0 Å². The largest absolute Gasteiger partial charge is 0.463 e. The highest BCUT2D eigenvalue weighted by atomic mass is 16.7. The normalized spacial score (nSPS) is 22.2. The Labute approximate surface area is 288 Å². The fourth-order valence-electron chi connectivity index (χ4n) is 5.63. The van der Waals surface area contributed by atoms with Gasteiger partial charge in [0.15, 0.2) is 18.5 Å². The van der Waals surface area contributed by atoms with E-state index in [1.54, 1.807) is 0 Å². The van der Waals surface area contributed by atoms with E-state index in [1.165, 1.54) is 64.7 Å². The van der Waals surface area contributed by atoms with Crippen LogP contribution in [0.1, 0.15) is 149 Å². The summed E-state index contributed by atoms with van der Waals surface area (Å²) < 4.78 is 28.0. The third kappa shape index (κ3) is 20.0. The van der Waals surface area contributed by atoms with E-state index < -0.39 is 80.6 Å². The zero-order valence-electron chi connectivity index (χ0n) is 29.9. The highest BCUT2D eigenvalue weighted by Gasteiger charge is 2.51. The fourth-order valence-corrected chi connectivity index (χ4v) is 5.63. The van der Waals surface area contributed by atoms with Crippen molar-refractivity contribution in [2.24, 2.45) is 0 Å². The SMILES string of the molecule is CCCCCCCCCCCC(=O)O[C@@H]1[C@H](OC[C@@H](O)[C@H](O)CO)O[C@H](COC(C)=O)[C@@H](O)[C@@H]1OC(=O)CCCCCCCCCCC. The van der Waals surface area contributed by atoms with Gasteiger partial charge in [0.25, 0.3) is 0 Å². The van der Waals surface area contributed by atoms with Gasteiger partial charge in [-0.1, -0.05) is 117 Å². The second-order valence-electron chi connectivity index (χ2n) is 13.1. The molecule has 0 aliphatic carbocycles. The molecule has 0 unspecified atom stereocenters. The van der Waals surface area contributed by atoms with Crippen LogP contribution in [0.25, 0.3) is 0 Å². The Morgan fingerprint density at radius 2 is 1.10 bits per heavy atom. The highest BCUT2D eigenvalue weighted by Crippen LogP contribution is 2.29. The molecule has 0 amide bonds. The number of rotatable bonds is 29. The Kier molecular flexibility index (Phi) is 25.7. The molecular formula is C36H66O12. The topological polar surface area (TPSA) is 178 Å². The fraction of sp³-hybridized carbons (Fsp3) is 0.917. The third-order valence-corrected chi connectivity index (χ3v) is 8.64. The number of carbonyl (C=O) groups is 3. The molecule has 282 valence electrons. The van der Waals surface area contributed by atoms with Gasteiger partial charge in [-0.3, -0.25) is 14.4 Å². The van der Waals surface area contributed by atoms with Crippen LogP contribution in [0.3, 0.4) is 0 Å². The van der Waals surface area contributed by atoms with Crippen molar-refractivity contribution >= 4 is 17.9 Å². The van der Waals surface area contributed by atoms with Gasteiger partial charge >= 0.3 is 17.9 Å². The molecule has 1 heterocycles. The Morgan fingerprint density at radius 3 is 1.54 bits per heavy atom. The van der Waals surface area contributed by atoms with Crippen molar-refractivity contribution < 1.29 is 58.5 Å². The van der Waals surface area contributed by atoms with Crippen LogP contribution in [0, 0.1) is 0 Å². The van der Waals surface area contributed by atoms with Crippen molar-refractivity contribution in [3.63, 3.8) is 0 Å². The number of unbranched alkanes of at least 4 members (excludes halogenated alkanes) is 16. The maximum Gasteiger partial charge on any atom is 0.306 e. The number of ether oxygens (including phenoxy) is 5. The number of aliphatic hydroxyl groups excluding tert-OH is 4. The lowest BCUT2D eigenvalue weighted by molar-refractivity contribution is -0.311. The second kappa shape index (κ2) is 27.9. The van der Waals surface area contributed by atoms with Crippen molar-refractivity contribution in [2.75, 3.05) is 19.8 Å². The van der Waals surface area contributed by atoms with Crippen LogP contribution in [0.15, 0.2) is 0 Å². The summed E-state index contributed by atoms with van der Waals surface area (Å²) in [6, 6.07) is 0. The Balaban J connectivity index is 2.89. The molecule has 48 heavy (non-hydrogen) atoms. The molecule has 1 aliphatic rings. The summed E-state index contributed by atoms with van der Waals surface area (Å²) >= 11 is 0. The molecule has 0 saturated carbocycles. The van der Waals surface area contributed by atoms with Crippen molar-refractivity contribution in [3.05, 3.63) is 0 Å². The molecule has 1 aliphatic heterocycles. The summed E-state index contributed by atoms with van der Waals surface area (Å²) in [6.45, 7) is 3.91. The van der Waals surface area contributed by atoms with E-state index in [-0.39, 0.29) is 12.8 Å². The Bertz CT molecular complexity index is 840. The molecule has 0 aromatic carbocycles. The third-order valence-electron chi connectivity index (χ3n) is 8.64. The number of aliphatic hydroxyl groups is 4. The number of hydrogen-bond acceptors (Lipinski definition) is 12. The van der Waals surface area contributed by atoms with Gasteiger partial charge in [0, 0.05) is 19.8 Å². The van der Waals surface area contributed by atoms with Gasteiger partial charge in [-0.05, 0) is 12.8 Å². The van der Waals surface area contributed by atoms with Crippen LogP contribution in [0.4, 0.5) is 0 Å². The van der Waals surface area contributed by atoms with Crippen LogP contribution in [0.2, 0.25) is 0 Å². The summed E-state index contributed by atoms with van der Waals surface area (Å²) in [7, 11) is 0. The molecule has 12 heteroatoms. The number of esters is 3. The van der Waals surface area contributed by atoms with Crippen molar-refractivity contribution in [2.45, 2.75) is 192 Å². The van der Waals surface area contributed by atoms with Gasteiger partial charge in [-0.25, -0.2) is 0 Å². The maximum absolute atomic E-state index is 13.0. The van der Waals surface area contributed by atoms with Gasteiger partial charge in [0.1, 0.15) is 31.0 Å². The average Bonchev–Trinajstić information content (AvgIpc) is 3.06. The summed E-state index contributed by atoms with van der Waals surface area (Å²) in [4.78, 5) is 37.5. The van der Waals surface area contributed by atoms with Crippen LogP contribution >= 0.6 is 0 Å². The molecular weight excluding hydrogens is 624 g/mol. The first kappa shape index (κ1) is 44.2. The second-order valence-corrected chi connectivity index (χ2v) is 13.1. The van der Waals surface area contributed by atoms with Gasteiger partial charge in [0.05, 0.1) is 13.2 Å². The first-order valence-corrected chi connectivity index (χ1v) is 18.6. The van der Waals surface area contributed by atoms with Crippen LogP contribution in [-0.2, 0) is 38.1 Å². The number of carbonyl (C=O) groups excluding carboxylic acids is 3. The van der Waals surface area contributed by atoms with Gasteiger partial charge < -0.3 is 44.1 Å². The van der Waals surface area contributed by atoms with Crippen molar-refractivity contribution in [1.82, 2.24) is 0 Å². The molecule has 0 aromatic heterocycles. The predicted molar refractivity (Wildman–Crippen MR) is 180 cm³/mol. The molecule has 7 atom stereocenters. The molecule has 12 nitrogen and oxygen atoms in total. The zero-order chi connectivity index (χ0) is 35.6. The molecule has 0 aromatic rings. The molecule has 0 radical (unpaired) electrons. The molecule has 4 N–H and O–H groups in total. The van der Waals surface area contributed by atoms with E-state index in [0.717, 1.165) is 44.9 Å². The molecule has 1 fully saturated rings. The summed E-state index contributed by atoms with van der Waals surface area (Å²) in [5.74, 6) is -1.82. The zero-order valence-corrected chi connectivity index (χ0v) is 29.9. The summed E-state index contributed by atoms with van der Waals surface area (Å²) in [6.07, 6.45) is 9.37. The lowest BCUT2D eigenvalue weighted by Crippen LogP contribution is -2.62. The average molecular weight is 691 g/mol. The maximum atomic E-state index is 13.0. The van der Waals surface area contributed by atoms with Gasteiger partial charge in [-0.2, -0.15) is 0 Å². The molecule has 1 rings (SSSR count). The minimum Gasteiger partial charge on any atom is -0.463 e. The lowest BCUT2D eigenvalue weighted by atomic mass is 9.98. The van der Waals surface area contributed by atoms with E-state index in [2.05, 4.69) is 13.8 Å². The quantitative estimate of drug-likeness (QED) is 0.0468. The standard InChI is InChI=1S/C36H66O12/c1-4-6-8-10-12-14-16-18-20-22-31(41)47-34-33(43)30(26-44-27(3)38)46-36(45-25-29(40)28(39)24-37)35(34)48-32(42)23-21-19-17-15-13-11-9-7-5-2/h28-30,33-37,39-40,43H,4-26H2,1-3H3/t28-,29-,30-,33-,34+,35+,36-/m1/s1. The van der Waals surface area contributed by atoms with Crippen LogP contribution < -0.4 is 0 Å². The minimum atomic E-state index is -1.53. The lowest BCUT2D eigenvalue weighted by Gasteiger charge is -2.43. The van der Waals surface area contributed by atoms with Crippen LogP contribution in [0.5, 0.6) is 0 Å². The van der Waals surface area contributed by atoms with E-state index in [4.69, 9.17) is 23.7 Å². The molecule has 0 spiro atoms. The summed E-state index contributed by atoms with van der Waals surface area (Å²) in [5.41, 5.74) is 0. The van der Waals surface area contributed by atoms with Crippen molar-refractivity contribution in [1.29, 1.82) is 0 Å². The molecule has 1 saturated heterocycles. The number of hydrogen-bond donors (Lipinski definition) is 4. The smallest absolute Gasteiger partial charge is 0.306 e. The molecule has 0 bridgehead atoms. The van der Waals surface area contributed by atoms with Crippen LogP contribution in [-0.4, -0.2) is 101 Å². The van der Waals surface area contributed by atoms with E-state index >= 15 is 0 Å². The Hall–Kier alpha value is -1.83. The van der Waals surface area contributed by atoms with Crippen molar-refractivity contribution in [3.8, 4) is 0 Å². The first-order chi connectivity index (χ1) is 23.1. The van der Waals surface area contributed by atoms with E-state index in [0.29, 0.717) is 12.8 Å². The van der Waals surface area contributed by atoms with E-state index in [1.807, 2.05) is 0 Å². The highest BCUT2D eigenvalue weighted by molar-refractivity contribution is 5.71. The minimum absolute atomic E-state index is 0.0942. The summed E-state index contributed by atoms with van der Waals surface area (Å²) in [5, 5.41) is 40.4. The van der Waals surface area contributed by atoms with E-state index in [9.17, 15) is 34.8 Å². The van der Waals surface area contributed by atoms with Gasteiger partial charge in [0.2, 0.25) is 0 Å². The predicted octanol–water partition coefficient (Wildman–Crippen LogP) is 5.03. The first-order valence-electron chi connectivity index (χ1n) is 18.6.